The molecule has 8 heteroatoms. The quantitative estimate of drug-likeness (QED) is 0.468. The Morgan fingerprint density at radius 1 is 1.12 bits per heavy atom. The SMILES string of the molecule is Nc1cc(C(=O)O)ccc1C(O)C(O)CNC(=O)OCc1ccccc1. The minimum absolute atomic E-state index is 0.0307. The van der Waals surface area contributed by atoms with Gasteiger partial charge in [0.05, 0.1) is 5.56 Å². The number of nitrogens with two attached hydrogens (primary N) is 1. The van der Waals surface area contributed by atoms with Crippen LogP contribution in [0.5, 0.6) is 0 Å². The first-order valence-electron chi connectivity index (χ1n) is 7.82. The van der Waals surface area contributed by atoms with E-state index in [1.54, 1.807) is 12.1 Å². The van der Waals surface area contributed by atoms with Gasteiger partial charge in [0.1, 0.15) is 18.8 Å². The van der Waals surface area contributed by atoms with Crippen LogP contribution in [-0.4, -0.2) is 40.0 Å². The van der Waals surface area contributed by atoms with Gasteiger partial charge in [0.25, 0.3) is 0 Å². The maximum absolute atomic E-state index is 11.7. The van der Waals surface area contributed by atoms with Gasteiger partial charge in [0.2, 0.25) is 0 Å². The van der Waals surface area contributed by atoms with Gasteiger partial charge in [0.15, 0.2) is 0 Å². The number of aromatic carboxylic acids is 1. The van der Waals surface area contributed by atoms with Gasteiger partial charge >= 0.3 is 12.1 Å². The van der Waals surface area contributed by atoms with Crippen molar-refractivity contribution in [3.8, 4) is 0 Å². The van der Waals surface area contributed by atoms with E-state index in [-0.39, 0.29) is 30.0 Å². The number of carbonyl (C=O) groups is 2. The number of amides is 1. The number of rotatable bonds is 7. The second-order valence-corrected chi connectivity index (χ2v) is 5.60. The fourth-order valence-electron chi connectivity index (χ4n) is 2.26. The van der Waals surface area contributed by atoms with E-state index in [9.17, 15) is 19.8 Å². The lowest BCUT2D eigenvalue weighted by molar-refractivity contribution is 0.0188. The Balaban J connectivity index is 1.85. The number of carbonyl (C=O) groups excluding carboxylic acids is 1. The molecule has 2 aromatic carbocycles. The molecular formula is C18H20N2O6. The van der Waals surface area contributed by atoms with Gasteiger partial charge in [-0.05, 0) is 17.7 Å². The van der Waals surface area contributed by atoms with E-state index in [2.05, 4.69) is 5.32 Å². The zero-order valence-electron chi connectivity index (χ0n) is 13.8. The highest BCUT2D eigenvalue weighted by Gasteiger charge is 2.22. The molecule has 0 aromatic heterocycles. The van der Waals surface area contributed by atoms with Gasteiger partial charge in [-0.1, -0.05) is 36.4 Å². The number of alkyl carbamates (subject to hydrolysis) is 1. The van der Waals surface area contributed by atoms with Crippen LogP contribution in [0.15, 0.2) is 48.5 Å². The maximum Gasteiger partial charge on any atom is 0.407 e. The first-order chi connectivity index (χ1) is 12.4. The van der Waals surface area contributed by atoms with E-state index in [1.165, 1.54) is 18.2 Å². The van der Waals surface area contributed by atoms with Crippen LogP contribution < -0.4 is 11.1 Å². The number of aliphatic hydroxyl groups excluding tert-OH is 2. The molecule has 0 bridgehead atoms. The molecule has 2 rings (SSSR count). The Morgan fingerprint density at radius 3 is 2.42 bits per heavy atom. The molecule has 0 heterocycles. The number of hydrogen-bond acceptors (Lipinski definition) is 6. The van der Waals surface area contributed by atoms with E-state index in [4.69, 9.17) is 15.6 Å². The summed E-state index contributed by atoms with van der Waals surface area (Å²) in [7, 11) is 0. The minimum atomic E-state index is -1.40. The van der Waals surface area contributed by atoms with Gasteiger partial charge in [-0.25, -0.2) is 9.59 Å². The zero-order chi connectivity index (χ0) is 19.1. The third kappa shape index (κ3) is 5.20. The summed E-state index contributed by atoms with van der Waals surface area (Å²) in [6.07, 6.45) is -3.49. The zero-order valence-corrected chi connectivity index (χ0v) is 13.8. The maximum atomic E-state index is 11.7. The van der Waals surface area contributed by atoms with Crippen LogP contribution in [0.4, 0.5) is 10.5 Å². The van der Waals surface area contributed by atoms with Crippen LogP contribution in [0.2, 0.25) is 0 Å². The smallest absolute Gasteiger partial charge is 0.407 e. The predicted octanol–water partition coefficient (Wildman–Crippen LogP) is 1.29. The van der Waals surface area contributed by atoms with Crippen LogP contribution in [0.3, 0.4) is 0 Å². The third-order valence-electron chi connectivity index (χ3n) is 3.69. The van der Waals surface area contributed by atoms with Gasteiger partial charge in [-0.2, -0.15) is 0 Å². The van der Waals surface area contributed by atoms with Crippen molar-refractivity contribution in [2.75, 3.05) is 12.3 Å². The first kappa shape index (κ1) is 19.2. The molecule has 0 radical (unpaired) electrons. The molecule has 0 saturated carbocycles. The Labute approximate surface area is 149 Å². The summed E-state index contributed by atoms with van der Waals surface area (Å²) < 4.78 is 5.00. The number of nitrogens with one attached hydrogen (secondary N) is 1. The average molecular weight is 360 g/mol. The molecule has 0 saturated heterocycles. The molecule has 0 aliphatic rings. The van der Waals surface area contributed by atoms with Crippen molar-refractivity contribution in [2.45, 2.75) is 18.8 Å². The van der Waals surface area contributed by atoms with E-state index in [1.807, 2.05) is 18.2 Å². The fourth-order valence-corrected chi connectivity index (χ4v) is 2.26. The number of benzene rings is 2. The molecule has 0 spiro atoms. The summed E-state index contributed by atoms with van der Waals surface area (Å²) >= 11 is 0. The molecule has 138 valence electrons. The van der Waals surface area contributed by atoms with Crippen LogP contribution in [-0.2, 0) is 11.3 Å². The number of ether oxygens (including phenoxy) is 1. The van der Waals surface area contributed by atoms with Crippen LogP contribution in [0, 0.1) is 0 Å². The Morgan fingerprint density at radius 2 is 1.81 bits per heavy atom. The fraction of sp³-hybridized carbons (Fsp3) is 0.222. The molecular weight excluding hydrogens is 340 g/mol. The highest BCUT2D eigenvalue weighted by atomic mass is 16.5. The number of carboxylic acid groups (broad SMARTS) is 1. The van der Waals surface area contributed by atoms with Crippen LogP contribution in [0.25, 0.3) is 0 Å². The summed E-state index contributed by atoms with van der Waals surface area (Å²) in [5, 5.41) is 31.4. The van der Waals surface area contributed by atoms with Gasteiger partial charge in [0, 0.05) is 17.8 Å². The molecule has 0 aliphatic carbocycles. The molecule has 2 atom stereocenters. The molecule has 6 N–H and O–H groups in total. The molecule has 1 amide bonds. The van der Waals surface area contributed by atoms with E-state index < -0.39 is 24.3 Å². The molecule has 0 aliphatic heterocycles. The van der Waals surface area contributed by atoms with Crippen molar-refractivity contribution in [1.82, 2.24) is 5.32 Å². The number of nitrogen functional groups attached to an aromatic ring is 1. The predicted molar refractivity (Wildman–Crippen MR) is 93.4 cm³/mol. The summed E-state index contributed by atoms with van der Waals surface area (Å²) in [6, 6.07) is 12.9. The number of aliphatic hydroxyl groups is 2. The number of anilines is 1. The molecule has 2 aromatic rings. The minimum Gasteiger partial charge on any atom is -0.478 e. The monoisotopic (exact) mass is 360 g/mol. The summed E-state index contributed by atoms with van der Waals surface area (Å²) in [4.78, 5) is 22.5. The van der Waals surface area contributed by atoms with Crippen LogP contribution in [0.1, 0.15) is 27.6 Å². The Kier molecular flexibility index (Phi) is 6.54. The lowest BCUT2D eigenvalue weighted by Gasteiger charge is -2.20. The molecule has 2 unspecified atom stereocenters. The van der Waals surface area contributed by atoms with E-state index >= 15 is 0 Å². The normalized spacial score (nSPS) is 12.8. The van der Waals surface area contributed by atoms with E-state index in [0.717, 1.165) is 5.56 Å². The van der Waals surface area contributed by atoms with Crippen molar-refractivity contribution in [1.29, 1.82) is 0 Å². The summed E-state index contributed by atoms with van der Waals surface area (Å²) in [6.45, 7) is -0.191. The molecule has 26 heavy (non-hydrogen) atoms. The summed E-state index contributed by atoms with van der Waals surface area (Å²) in [5.41, 5.74) is 6.70. The van der Waals surface area contributed by atoms with Crippen molar-refractivity contribution in [2.24, 2.45) is 0 Å². The van der Waals surface area contributed by atoms with Crippen molar-refractivity contribution < 1.29 is 29.6 Å². The van der Waals surface area contributed by atoms with Crippen molar-refractivity contribution >= 4 is 17.7 Å². The van der Waals surface area contributed by atoms with Crippen molar-refractivity contribution in [3.63, 3.8) is 0 Å². The van der Waals surface area contributed by atoms with Gasteiger partial charge in [-0.15, -0.1) is 0 Å². The third-order valence-corrected chi connectivity index (χ3v) is 3.69. The van der Waals surface area contributed by atoms with Gasteiger partial charge < -0.3 is 31.1 Å². The number of carboxylic acids is 1. The molecule has 8 nitrogen and oxygen atoms in total. The highest BCUT2D eigenvalue weighted by Crippen LogP contribution is 2.24. The van der Waals surface area contributed by atoms with Crippen LogP contribution >= 0.6 is 0 Å². The Bertz CT molecular complexity index is 766. The van der Waals surface area contributed by atoms with Gasteiger partial charge in [-0.3, -0.25) is 0 Å². The first-order valence-corrected chi connectivity index (χ1v) is 7.82. The van der Waals surface area contributed by atoms with E-state index in [0.29, 0.717) is 0 Å². The topological polar surface area (TPSA) is 142 Å². The largest absolute Gasteiger partial charge is 0.478 e. The number of hydrogen-bond donors (Lipinski definition) is 5. The second-order valence-electron chi connectivity index (χ2n) is 5.60. The average Bonchev–Trinajstić information content (AvgIpc) is 2.64. The van der Waals surface area contributed by atoms with Crippen molar-refractivity contribution in [3.05, 3.63) is 65.2 Å². The lowest BCUT2D eigenvalue weighted by atomic mass is 10.0. The highest BCUT2D eigenvalue weighted by molar-refractivity contribution is 5.89. The second kappa shape index (κ2) is 8.84. The molecule has 0 fully saturated rings. The Hall–Kier alpha value is -3.10. The lowest BCUT2D eigenvalue weighted by Crippen LogP contribution is -2.36. The standard InChI is InChI=1S/C18H20N2O6/c19-14-8-12(17(23)24)6-7-13(14)16(22)15(21)9-20-18(25)26-10-11-4-2-1-3-5-11/h1-8,15-16,21-22H,9-10,19H2,(H,20,25)(H,23,24). The summed E-state index contributed by atoms with van der Waals surface area (Å²) in [5.74, 6) is -1.15.